The summed E-state index contributed by atoms with van der Waals surface area (Å²) in [5, 5.41) is 0. The van der Waals surface area contributed by atoms with Crippen LogP contribution in [0.25, 0.3) is 11.3 Å². The largest absolute Gasteiger partial charge is 0.486 e. The summed E-state index contributed by atoms with van der Waals surface area (Å²) < 4.78 is 19.2. The van der Waals surface area contributed by atoms with Gasteiger partial charge in [-0.1, -0.05) is 6.58 Å². The number of ether oxygens (including phenoxy) is 1. The first-order chi connectivity index (χ1) is 11.4. The summed E-state index contributed by atoms with van der Waals surface area (Å²) in [5.41, 5.74) is 12.5. The number of anilines is 2. The predicted molar refractivity (Wildman–Crippen MR) is 89.6 cm³/mol. The van der Waals surface area contributed by atoms with Crippen LogP contribution >= 0.6 is 0 Å². The molecule has 0 unspecified atom stereocenters. The minimum absolute atomic E-state index is 0.112. The highest BCUT2D eigenvalue weighted by atomic mass is 19.1. The van der Waals surface area contributed by atoms with Crippen molar-refractivity contribution in [1.82, 2.24) is 14.9 Å². The van der Waals surface area contributed by atoms with Gasteiger partial charge < -0.3 is 21.1 Å². The Kier molecular flexibility index (Phi) is 5.31. The minimum Gasteiger partial charge on any atom is -0.486 e. The zero-order valence-electron chi connectivity index (χ0n) is 13.2. The maximum absolute atomic E-state index is 13.6. The van der Waals surface area contributed by atoms with Crippen LogP contribution in [0.2, 0.25) is 0 Å². The third-order valence-corrected chi connectivity index (χ3v) is 3.25. The van der Waals surface area contributed by atoms with Crippen molar-refractivity contribution in [2.75, 3.05) is 31.7 Å². The fraction of sp³-hybridized carbons (Fsp3) is 0.188. The highest BCUT2D eigenvalue weighted by Crippen LogP contribution is 2.32. The predicted octanol–water partition coefficient (Wildman–Crippen LogP) is 1.47. The van der Waals surface area contributed by atoms with Gasteiger partial charge >= 0.3 is 0 Å². The normalized spacial score (nSPS) is 10.2. The molecule has 1 aromatic heterocycles. The van der Waals surface area contributed by atoms with Crippen LogP contribution in [0.1, 0.15) is 0 Å². The SMILES string of the molecule is C=CC(=O)N(C)CCOc1c(N)ncnc1-c1cc(N)cc(F)c1. The molecule has 0 saturated carbocycles. The quantitative estimate of drug-likeness (QED) is 0.613. The van der Waals surface area contributed by atoms with Gasteiger partial charge in [0.1, 0.15) is 24.4 Å². The van der Waals surface area contributed by atoms with Crippen molar-refractivity contribution < 1.29 is 13.9 Å². The molecular weight excluding hydrogens is 313 g/mol. The summed E-state index contributed by atoms with van der Waals surface area (Å²) in [4.78, 5) is 20.9. The number of nitrogens with zero attached hydrogens (tertiary/aromatic N) is 3. The molecule has 1 amide bonds. The molecule has 8 heteroatoms. The summed E-state index contributed by atoms with van der Waals surface area (Å²) in [6.45, 7) is 3.88. The number of carbonyl (C=O) groups is 1. The van der Waals surface area contributed by atoms with Crippen molar-refractivity contribution in [2.45, 2.75) is 0 Å². The molecule has 0 spiro atoms. The Hall–Kier alpha value is -3.16. The topological polar surface area (TPSA) is 107 Å². The van der Waals surface area contributed by atoms with Gasteiger partial charge in [-0.3, -0.25) is 4.79 Å². The number of likely N-dealkylation sites (N-methyl/N-ethyl adjacent to an activating group) is 1. The summed E-state index contributed by atoms with van der Waals surface area (Å²) in [7, 11) is 1.62. The first-order valence-corrected chi connectivity index (χ1v) is 7.09. The summed E-state index contributed by atoms with van der Waals surface area (Å²) >= 11 is 0. The monoisotopic (exact) mass is 331 g/mol. The third kappa shape index (κ3) is 3.97. The van der Waals surface area contributed by atoms with Crippen molar-refractivity contribution in [2.24, 2.45) is 0 Å². The first kappa shape index (κ1) is 17.2. The number of hydrogen-bond donors (Lipinski definition) is 2. The number of carbonyl (C=O) groups excluding carboxylic acids is 1. The van der Waals surface area contributed by atoms with Gasteiger partial charge in [0, 0.05) is 18.3 Å². The minimum atomic E-state index is -0.496. The fourth-order valence-corrected chi connectivity index (χ4v) is 2.04. The van der Waals surface area contributed by atoms with Crippen molar-refractivity contribution in [3.63, 3.8) is 0 Å². The Morgan fingerprint density at radius 2 is 2.12 bits per heavy atom. The van der Waals surface area contributed by atoms with Crippen LogP contribution < -0.4 is 16.2 Å². The lowest BCUT2D eigenvalue weighted by atomic mass is 10.1. The lowest BCUT2D eigenvalue weighted by Crippen LogP contribution is -2.29. The second-order valence-corrected chi connectivity index (χ2v) is 5.02. The first-order valence-electron chi connectivity index (χ1n) is 7.09. The second-order valence-electron chi connectivity index (χ2n) is 5.02. The fourth-order valence-electron chi connectivity index (χ4n) is 2.04. The van der Waals surface area contributed by atoms with E-state index in [1.807, 2.05) is 0 Å². The highest BCUT2D eigenvalue weighted by Gasteiger charge is 2.15. The third-order valence-electron chi connectivity index (χ3n) is 3.25. The Morgan fingerprint density at radius 3 is 2.79 bits per heavy atom. The molecule has 2 rings (SSSR count). The van der Waals surface area contributed by atoms with Crippen molar-refractivity contribution >= 4 is 17.4 Å². The van der Waals surface area contributed by atoms with Gasteiger partial charge in [-0.15, -0.1) is 0 Å². The molecule has 1 heterocycles. The molecule has 0 bridgehead atoms. The van der Waals surface area contributed by atoms with Gasteiger partial charge in [0.25, 0.3) is 0 Å². The van der Waals surface area contributed by atoms with Gasteiger partial charge in [0.15, 0.2) is 11.6 Å². The van der Waals surface area contributed by atoms with Crippen molar-refractivity contribution in [1.29, 1.82) is 0 Å². The molecular formula is C16H18FN5O2. The molecule has 24 heavy (non-hydrogen) atoms. The van der Waals surface area contributed by atoms with Gasteiger partial charge in [0.05, 0.1) is 6.54 Å². The Bertz CT molecular complexity index is 746. The molecule has 0 aliphatic heterocycles. The molecule has 0 saturated heterocycles. The van der Waals surface area contributed by atoms with E-state index in [1.54, 1.807) is 13.1 Å². The maximum atomic E-state index is 13.6. The number of halogens is 1. The molecule has 7 nitrogen and oxygen atoms in total. The summed E-state index contributed by atoms with van der Waals surface area (Å²) in [6, 6.07) is 4.04. The number of aromatic nitrogens is 2. The second kappa shape index (κ2) is 7.40. The standard InChI is InChI=1S/C16H18FN5O2/c1-3-13(23)22(2)4-5-24-15-14(20-9-21-16(15)19)10-6-11(17)8-12(18)7-10/h3,6-9H,1,4-5,18H2,2H3,(H2,19,20,21). The number of benzene rings is 1. The molecule has 0 radical (unpaired) electrons. The van der Waals surface area contributed by atoms with Gasteiger partial charge in [-0.05, 0) is 24.3 Å². The lowest BCUT2D eigenvalue weighted by molar-refractivity contribution is -0.125. The van der Waals surface area contributed by atoms with Crippen LogP contribution in [0.4, 0.5) is 15.9 Å². The highest BCUT2D eigenvalue weighted by molar-refractivity contribution is 5.86. The van der Waals surface area contributed by atoms with Crippen LogP contribution in [0.15, 0.2) is 37.2 Å². The van der Waals surface area contributed by atoms with E-state index in [0.29, 0.717) is 17.8 Å². The molecule has 0 aliphatic carbocycles. The van der Waals surface area contributed by atoms with Gasteiger partial charge in [-0.2, -0.15) is 0 Å². The average molecular weight is 331 g/mol. The Morgan fingerprint density at radius 1 is 1.38 bits per heavy atom. The summed E-state index contributed by atoms with van der Waals surface area (Å²) in [5.74, 6) is -0.402. The maximum Gasteiger partial charge on any atom is 0.245 e. The molecule has 0 atom stereocenters. The molecule has 2 aromatic rings. The lowest BCUT2D eigenvalue weighted by Gasteiger charge is -2.17. The Balaban J connectivity index is 2.24. The van der Waals surface area contributed by atoms with Crippen LogP contribution in [0, 0.1) is 5.82 Å². The van der Waals surface area contributed by atoms with E-state index in [9.17, 15) is 9.18 Å². The summed E-state index contributed by atoms with van der Waals surface area (Å²) in [6.07, 6.45) is 2.47. The molecule has 4 N–H and O–H groups in total. The van der Waals surface area contributed by atoms with Gasteiger partial charge in [-0.25, -0.2) is 14.4 Å². The van der Waals surface area contributed by atoms with Crippen molar-refractivity contribution in [3.05, 3.63) is 43.0 Å². The van der Waals surface area contributed by atoms with Gasteiger partial charge in [0.2, 0.25) is 5.91 Å². The van der Waals surface area contributed by atoms with E-state index >= 15 is 0 Å². The number of nitrogens with two attached hydrogens (primary N) is 2. The van der Waals surface area contributed by atoms with Crippen molar-refractivity contribution in [3.8, 4) is 17.0 Å². The van der Waals surface area contributed by atoms with E-state index in [2.05, 4.69) is 16.5 Å². The molecule has 0 fully saturated rings. The Labute approximate surface area is 138 Å². The number of nitrogen functional groups attached to an aromatic ring is 2. The van der Waals surface area contributed by atoms with E-state index in [4.69, 9.17) is 16.2 Å². The number of hydrogen-bond acceptors (Lipinski definition) is 6. The number of amides is 1. The average Bonchev–Trinajstić information content (AvgIpc) is 2.54. The smallest absolute Gasteiger partial charge is 0.245 e. The molecule has 0 aliphatic rings. The van der Waals surface area contributed by atoms with Crippen LogP contribution in [-0.2, 0) is 4.79 Å². The van der Waals surface area contributed by atoms with Crippen LogP contribution in [0.3, 0.4) is 0 Å². The van der Waals surface area contributed by atoms with E-state index < -0.39 is 5.82 Å². The molecule has 1 aromatic carbocycles. The van der Waals surface area contributed by atoms with Crippen LogP contribution in [0.5, 0.6) is 5.75 Å². The van der Waals surface area contributed by atoms with E-state index in [0.717, 1.165) is 0 Å². The number of rotatable bonds is 6. The zero-order valence-corrected chi connectivity index (χ0v) is 13.2. The van der Waals surface area contributed by atoms with E-state index in [1.165, 1.54) is 29.4 Å². The zero-order chi connectivity index (χ0) is 17.7. The van der Waals surface area contributed by atoms with E-state index in [-0.39, 0.29) is 29.8 Å². The van der Waals surface area contributed by atoms with Crippen LogP contribution in [-0.4, -0.2) is 41.0 Å². The molecule has 126 valence electrons.